The normalized spacial score (nSPS) is 24.7. The van der Waals surface area contributed by atoms with Crippen molar-refractivity contribution in [3.05, 3.63) is 71.8 Å². The van der Waals surface area contributed by atoms with Crippen molar-refractivity contribution in [3.8, 4) is 5.75 Å². The van der Waals surface area contributed by atoms with E-state index in [-0.39, 0.29) is 11.3 Å². The molecule has 3 aliphatic heterocycles. The highest BCUT2D eigenvalue weighted by Gasteiger charge is 2.64. The van der Waals surface area contributed by atoms with Gasteiger partial charge in [-0.05, 0) is 42.5 Å². The summed E-state index contributed by atoms with van der Waals surface area (Å²) in [6, 6.07) is 7.97. The summed E-state index contributed by atoms with van der Waals surface area (Å²) in [6.45, 7) is 1.23. The number of carbonyl (C=O) groups excluding carboxylic acids is 4. The molecule has 2 aromatic carbocycles. The van der Waals surface area contributed by atoms with Gasteiger partial charge in [0.1, 0.15) is 11.8 Å². The van der Waals surface area contributed by atoms with Gasteiger partial charge in [0.2, 0.25) is 11.8 Å². The molecule has 0 aliphatic carbocycles. The predicted octanol–water partition coefficient (Wildman–Crippen LogP) is 3.23. The summed E-state index contributed by atoms with van der Waals surface area (Å²) < 4.78 is 46.0. The quantitative estimate of drug-likeness (QED) is 0.279. The summed E-state index contributed by atoms with van der Waals surface area (Å²) in [7, 11) is 0. The minimum Gasteiger partial charge on any atom is -0.427 e. The number of ketones is 1. The van der Waals surface area contributed by atoms with Crippen LogP contribution >= 0.6 is 0 Å². The molecule has 0 aromatic heterocycles. The third kappa shape index (κ3) is 3.67. The van der Waals surface area contributed by atoms with Gasteiger partial charge >= 0.3 is 12.1 Å². The molecule has 3 aliphatic rings. The Morgan fingerprint density at radius 2 is 1.64 bits per heavy atom. The number of para-hydroxylation sites is 1. The summed E-state index contributed by atoms with van der Waals surface area (Å²) in [5, 5.41) is 5.57. The minimum absolute atomic E-state index is 0.162. The molecule has 2 saturated heterocycles. The van der Waals surface area contributed by atoms with Crippen molar-refractivity contribution in [2.75, 3.05) is 4.90 Å². The summed E-state index contributed by atoms with van der Waals surface area (Å²) in [4.78, 5) is 52.3. The van der Waals surface area contributed by atoms with E-state index in [2.05, 4.69) is 5.10 Å². The SMILES string of the molecule is CC(=O)Oc1ccc(C(=O)[C@@H]2[C@@H]3C(=O)N(c4ccccc4C(F)(F)F)C(=O)[C@H]3[C@H]3C=CC=NN32)cc1. The fraction of sp³-hybridized carbons (Fsp3) is 0.240. The Kier molecular flexibility index (Phi) is 5.50. The first-order valence-corrected chi connectivity index (χ1v) is 11.0. The molecule has 0 spiro atoms. The fourth-order valence-electron chi connectivity index (χ4n) is 5.01. The molecule has 0 unspecified atom stereocenters. The lowest BCUT2D eigenvalue weighted by Crippen LogP contribution is -2.46. The van der Waals surface area contributed by atoms with E-state index < -0.39 is 64.9 Å². The number of halogens is 3. The molecule has 0 radical (unpaired) electrons. The number of anilines is 1. The zero-order chi connectivity index (χ0) is 25.8. The highest BCUT2D eigenvalue weighted by atomic mass is 19.4. The monoisotopic (exact) mass is 497 g/mol. The Bertz CT molecular complexity index is 1340. The van der Waals surface area contributed by atoms with Crippen LogP contribution in [-0.4, -0.2) is 46.9 Å². The standard InChI is InChI=1S/C25H18F3N3O5/c1-13(32)36-15-10-8-14(9-11-15)22(33)21-20-19(18-7-4-12-29-31(18)21)23(34)30(24(20)35)17-6-3-2-5-16(17)25(26,27)28/h2-12,18-21H,1H3/t18-,19+,20-,21+/m1/s1. The first-order valence-electron chi connectivity index (χ1n) is 11.0. The van der Waals surface area contributed by atoms with Crippen molar-refractivity contribution in [2.45, 2.75) is 25.2 Å². The van der Waals surface area contributed by atoms with Gasteiger partial charge in [-0.25, -0.2) is 4.90 Å². The van der Waals surface area contributed by atoms with Gasteiger partial charge < -0.3 is 4.74 Å². The van der Waals surface area contributed by atoms with Crippen LogP contribution in [0.3, 0.4) is 0 Å². The number of hydrogen-bond donors (Lipinski definition) is 0. The number of amides is 2. The smallest absolute Gasteiger partial charge is 0.418 e. The number of esters is 1. The molecule has 2 fully saturated rings. The summed E-state index contributed by atoms with van der Waals surface area (Å²) in [6.07, 6.45) is -0.225. The molecule has 36 heavy (non-hydrogen) atoms. The van der Waals surface area contributed by atoms with E-state index in [4.69, 9.17) is 4.74 Å². The number of ether oxygens (including phenoxy) is 1. The highest BCUT2D eigenvalue weighted by molar-refractivity contribution is 6.25. The summed E-state index contributed by atoms with van der Waals surface area (Å²) in [5.41, 5.74) is -1.53. The van der Waals surface area contributed by atoms with Crippen molar-refractivity contribution in [3.63, 3.8) is 0 Å². The molecule has 184 valence electrons. The minimum atomic E-state index is -4.80. The number of rotatable bonds is 4. The number of hydrogen-bond acceptors (Lipinski definition) is 7. The maximum atomic E-state index is 13.7. The maximum Gasteiger partial charge on any atom is 0.418 e. The number of fused-ring (bicyclic) bond motifs is 3. The molecule has 2 aromatic rings. The molecular weight excluding hydrogens is 479 g/mol. The third-order valence-corrected chi connectivity index (χ3v) is 6.41. The molecule has 2 amide bonds. The van der Waals surface area contributed by atoms with E-state index in [1.54, 1.807) is 12.2 Å². The van der Waals surface area contributed by atoms with Crippen LogP contribution in [0.4, 0.5) is 18.9 Å². The molecule has 11 heteroatoms. The Morgan fingerprint density at radius 3 is 2.31 bits per heavy atom. The molecule has 5 rings (SSSR count). The van der Waals surface area contributed by atoms with E-state index in [1.165, 1.54) is 54.5 Å². The molecule has 0 N–H and O–H groups in total. The number of alkyl halides is 3. The van der Waals surface area contributed by atoms with Crippen molar-refractivity contribution < 1.29 is 37.1 Å². The number of Topliss-reactive ketones (excluding diaryl/α,β-unsaturated/α-hetero) is 1. The highest BCUT2D eigenvalue weighted by Crippen LogP contribution is 2.48. The maximum absolute atomic E-state index is 13.7. The van der Waals surface area contributed by atoms with Gasteiger partial charge in [0.15, 0.2) is 5.78 Å². The molecule has 8 nitrogen and oxygen atoms in total. The number of benzene rings is 2. The summed E-state index contributed by atoms with van der Waals surface area (Å²) >= 11 is 0. The third-order valence-electron chi connectivity index (χ3n) is 6.41. The second-order valence-electron chi connectivity index (χ2n) is 8.53. The molecule has 0 bridgehead atoms. The van der Waals surface area contributed by atoms with Gasteiger partial charge in [-0.3, -0.25) is 24.2 Å². The van der Waals surface area contributed by atoms with Crippen LogP contribution in [0.15, 0.2) is 65.8 Å². The Balaban J connectivity index is 1.55. The Labute approximate surface area is 202 Å². The molecule has 0 saturated carbocycles. The van der Waals surface area contributed by atoms with Crippen LogP contribution in [-0.2, 0) is 20.6 Å². The van der Waals surface area contributed by atoms with Gasteiger partial charge in [0, 0.05) is 18.7 Å². The largest absolute Gasteiger partial charge is 0.427 e. The molecule has 4 atom stereocenters. The molecular formula is C25H18F3N3O5. The van der Waals surface area contributed by atoms with Crippen LogP contribution < -0.4 is 9.64 Å². The van der Waals surface area contributed by atoms with E-state index in [0.717, 1.165) is 12.1 Å². The zero-order valence-electron chi connectivity index (χ0n) is 18.7. The average molecular weight is 497 g/mol. The van der Waals surface area contributed by atoms with Crippen LogP contribution in [0.2, 0.25) is 0 Å². The summed E-state index contributed by atoms with van der Waals surface area (Å²) in [5.74, 6) is -4.93. The fourth-order valence-corrected chi connectivity index (χ4v) is 5.01. The second kappa shape index (κ2) is 8.43. The lowest BCUT2D eigenvalue weighted by Gasteiger charge is -2.30. The average Bonchev–Trinajstić information content (AvgIpc) is 3.31. The molecule has 3 heterocycles. The first kappa shape index (κ1) is 23.5. The zero-order valence-corrected chi connectivity index (χ0v) is 18.7. The van der Waals surface area contributed by atoms with Gasteiger partial charge in [-0.2, -0.15) is 18.3 Å². The van der Waals surface area contributed by atoms with Gasteiger partial charge in [-0.1, -0.05) is 18.2 Å². The predicted molar refractivity (Wildman–Crippen MR) is 120 cm³/mol. The Morgan fingerprint density at radius 1 is 0.972 bits per heavy atom. The number of nitrogens with zero attached hydrogens (tertiary/aromatic N) is 3. The van der Waals surface area contributed by atoms with Gasteiger partial charge in [0.25, 0.3) is 0 Å². The van der Waals surface area contributed by atoms with Crippen LogP contribution in [0.25, 0.3) is 0 Å². The van der Waals surface area contributed by atoms with Gasteiger partial charge in [0.05, 0.1) is 29.1 Å². The van der Waals surface area contributed by atoms with Gasteiger partial charge in [-0.15, -0.1) is 0 Å². The number of allylic oxidation sites excluding steroid dienone is 1. The van der Waals surface area contributed by atoms with Crippen LogP contribution in [0.5, 0.6) is 5.75 Å². The second-order valence-corrected chi connectivity index (χ2v) is 8.53. The van der Waals surface area contributed by atoms with Crippen molar-refractivity contribution in [1.29, 1.82) is 0 Å². The van der Waals surface area contributed by atoms with Crippen LogP contribution in [0.1, 0.15) is 22.8 Å². The van der Waals surface area contributed by atoms with E-state index in [1.807, 2.05) is 0 Å². The van der Waals surface area contributed by atoms with E-state index in [9.17, 15) is 32.3 Å². The van der Waals surface area contributed by atoms with Crippen molar-refractivity contribution in [1.82, 2.24) is 5.01 Å². The number of hydrazone groups is 1. The van der Waals surface area contributed by atoms with E-state index >= 15 is 0 Å². The topological polar surface area (TPSA) is 96.3 Å². The number of imide groups is 1. The lowest BCUT2D eigenvalue weighted by atomic mass is 9.86. The lowest BCUT2D eigenvalue weighted by molar-refractivity contribution is -0.137. The number of carbonyl (C=O) groups is 4. The van der Waals surface area contributed by atoms with Crippen molar-refractivity contribution >= 4 is 35.5 Å². The van der Waals surface area contributed by atoms with E-state index in [0.29, 0.717) is 4.90 Å². The Hall–Kier alpha value is -4.28. The van der Waals surface area contributed by atoms with Crippen molar-refractivity contribution in [2.24, 2.45) is 16.9 Å². The van der Waals surface area contributed by atoms with Crippen LogP contribution in [0, 0.1) is 11.8 Å². The first-order chi connectivity index (χ1) is 17.1.